The first-order valence-electron chi connectivity index (χ1n) is 24.2. The minimum atomic E-state index is -1.58. The molecule has 0 radical (unpaired) electrons. The molecule has 7 unspecified atom stereocenters. The summed E-state index contributed by atoms with van der Waals surface area (Å²) in [5.74, 6) is -0.200. The van der Waals surface area contributed by atoms with Gasteiger partial charge in [0.25, 0.3) is 0 Å². The lowest BCUT2D eigenvalue weighted by molar-refractivity contribution is -0.302. The van der Waals surface area contributed by atoms with Crippen molar-refractivity contribution < 1.29 is 39.8 Å². The highest BCUT2D eigenvalue weighted by Gasteiger charge is 2.44. The van der Waals surface area contributed by atoms with Crippen molar-refractivity contribution in [3.05, 3.63) is 72.9 Å². The SMILES string of the molecule is CCCC/C=C/CC/C=C/CC/C=C/C(O)C(COC1OC(CO)C(O)C(O)C1O)NC(=O)CCCCCCCCCCCC/C=C\C/C=C\C/C=C\CCCCCCC. The molecule has 60 heavy (non-hydrogen) atoms. The molecule has 0 aromatic rings. The van der Waals surface area contributed by atoms with Crippen LogP contribution in [-0.2, 0) is 14.3 Å². The Morgan fingerprint density at radius 2 is 1.02 bits per heavy atom. The van der Waals surface area contributed by atoms with E-state index in [1.807, 2.05) is 6.08 Å². The lowest BCUT2D eigenvalue weighted by Gasteiger charge is -2.40. The summed E-state index contributed by atoms with van der Waals surface area (Å²) >= 11 is 0. The van der Waals surface area contributed by atoms with E-state index >= 15 is 0 Å². The molecule has 1 aliphatic rings. The van der Waals surface area contributed by atoms with Crippen LogP contribution in [0.15, 0.2) is 72.9 Å². The molecule has 1 amide bonds. The van der Waals surface area contributed by atoms with Crippen molar-refractivity contribution in [2.75, 3.05) is 13.2 Å². The first-order valence-corrected chi connectivity index (χ1v) is 24.2. The van der Waals surface area contributed by atoms with E-state index in [9.17, 15) is 30.3 Å². The molecule has 9 nitrogen and oxygen atoms in total. The number of ether oxygens (including phenoxy) is 2. The van der Waals surface area contributed by atoms with Gasteiger partial charge in [0.05, 0.1) is 25.4 Å². The van der Waals surface area contributed by atoms with Crippen molar-refractivity contribution in [1.82, 2.24) is 5.32 Å². The second-order valence-electron chi connectivity index (χ2n) is 16.5. The highest BCUT2D eigenvalue weighted by Crippen LogP contribution is 2.22. The maximum atomic E-state index is 13.0. The molecule has 1 heterocycles. The Bertz CT molecular complexity index is 1160. The van der Waals surface area contributed by atoms with E-state index in [4.69, 9.17) is 9.47 Å². The Kier molecular flexibility index (Phi) is 37.7. The molecule has 0 saturated carbocycles. The number of aliphatic hydroxyl groups excluding tert-OH is 5. The van der Waals surface area contributed by atoms with Gasteiger partial charge in [-0.25, -0.2) is 0 Å². The Balaban J connectivity index is 2.29. The van der Waals surface area contributed by atoms with E-state index < -0.39 is 49.5 Å². The van der Waals surface area contributed by atoms with Crippen LogP contribution in [0.2, 0.25) is 0 Å². The molecular weight excluding hydrogens is 755 g/mol. The van der Waals surface area contributed by atoms with Crippen LogP contribution < -0.4 is 5.32 Å². The molecular formula is C51H89NO8. The zero-order chi connectivity index (χ0) is 43.7. The van der Waals surface area contributed by atoms with Crippen LogP contribution in [0.25, 0.3) is 0 Å². The van der Waals surface area contributed by atoms with E-state index in [1.165, 1.54) is 89.9 Å². The molecule has 346 valence electrons. The molecule has 1 fully saturated rings. The summed E-state index contributed by atoms with van der Waals surface area (Å²) in [7, 11) is 0. The van der Waals surface area contributed by atoms with Gasteiger partial charge < -0.3 is 40.3 Å². The molecule has 0 bridgehead atoms. The highest BCUT2D eigenvalue weighted by molar-refractivity contribution is 5.76. The molecule has 1 rings (SSSR count). The fourth-order valence-corrected chi connectivity index (χ4v) is 7.06. The smallest absolute Gasteiger partial charge is 0.220 e. The Morgan fingerprint density at radius 3 is 1.57 bits per heavy atom. The summed E-state index contributed by atoms with van der Waals surface area (Å²) in [6, 6.07) is -0.832. The minimum absolute atomic E-state index is 0.200. The van der Waals surface area contributed by atoms with Crippen molar-refractivity contribution in [3.63, 3.8) is 0 Å². The number of allylic oxidation sites excluding steroid dienone is 11. The zero-order valence-electron chi connectivity index (χ0n) is 37.9. The second kappa shape index (κ2) is 40.7. The van der Waals surface area contributed by atoms with Gasteiger partial charge >= 0.3 is 0 Å². The van der Waals surface area contributed by atoms with Crippen LogP contribution in [-0.4, -0.2) is 87.5 Å². The fourth-order valence-electron chi connectivity index (χ4n) is 7.06. The zero-order valence-corrected chi connectivity index (χ0v) is 37.9. The monoisotopic (exact) mass is 844 g/mol. The average molecular weight is 844 g/mol. The predicted octanol–water partition coefficient (Wildman–Crippen LogP) is 10.6. The summed E-state index contributed by atoms with van der Waals surface area (Å²) in [4.78, 5) is 13.0. The summed E-state index contributed by atoms with van der Waals surface area (Å²) in [5.41, 5.74) is 0. The largest absolute Gasteiger partial charge is 0.394 e. The van der Waals surface area contributed by atoms with Gasteiger partial charge in [0, 0.05) is 6.42 Å². The van der Waals surface area contributed by atoms with Crippen molar-refractivity contribution >= 4 is 5.91 Å². The molecule has 0 aliphatic carbocycles. The van der Waals surface area contributed by atoms with Gasteiger partial charge in [-0.15, -0.1) is 0 Å². The van der Waals surface area contributed by atoms with Gasteiger partial charge in [-0.2, -0.15) is 0 Å². The molecule has 0 spiro atoms. The Hall–Kier alpha value is -2.37. The van der Waals surface area contributed by atoms with Gasteiger partial charge in [0.1, 0.15) is 24.4 Å². The van der Waals surface area contributed by atoms with Gasteiger partial charge in [0.15, 0.2) is 6.29 Å². The number of hydrogen-bond acceptors (Lipinski definition) is 8. The number of hydrogen-bond donors (Lipinski definition) is 6. The van der Waals surface area contributed by atoms with E-state index in [1.54, 1.807) is 6.08 Å². The number of rotatable bonds is 39. The average Bonchev–Trinajstić information content (AvgIpc) is 3.25. The van der Waals surface area contributed by atoms with Crippen molar-refractivity contribution in [1.29, 1.82) is 0 Å². The molecule has 6 N–H and O–H groups in total. The second-order valence-corrected chi connectivity index (χ2v) is 16.5. The Labute approximate surface area is 366 Å². The maximum Gasteiger partial charge on any atom is 0.220 e. The molecule has 0 aromatic heterocycles. The van der Waals surface area contributed by atoms with Crippen LogP contribution in [0.3, 0.4) is 0 Å². The summed E-state index contributed by atoms with van der Waals surface area (Å²) in [6.07, 6.45) is 48.1. The quantitative estimate of drug-likeness (QED) is 0.0265. The van der Waals surface area contributed by atoms with Gasteiger partial charge in [-0.05, 0) is 77.0 Å². The van der Waals surface area contributed by atoms with Crippen LogP contribution in [0.1, 0.15) is 187 Å². The Morgan fingerprint density at radius 1 is 0.567 bits per heavy atom. The lowest BCUT2D eigenvalue weighted by Crippen LogP contribution is -2.60. The van der Waals surface area contributed by atoms with E-state index in [-0.39, 0.29) is 12.5 Å². The van der Waals surface area contributed by atoms with Gasteiger partial charge in [-0.3, -0.25) is 4.79 Å². The van der Waals surface area contributed by atoms with Crippen LogP contribution in [0.5, 0.6) is 0 Å². The summed E-state index contributed by atoms with van der Waals surface area (Å²) in [6.45, 7) is 3.67. The third-order valence-corrected chi connectivity index (χ3v) is 11.0. The van der Waals surface area contributed by atoms with Crippen LogP contribution >= 0.6 is 0 Å². The lowest BCUT2D eigenvalue weighted by atomic mass is 9.99. The molecule has 0 aromatic carbocycles. The third-order valence-electron chi connectivity index (χ3n) is 11.0. The van der Waals surface area contributed by atoms with Crippen molar-refractivity contribution in [2.24, 2.45) is 0 Å². The van der Waals surface area contributed by atoms with Crippen LogP contribution in [0, 0.1) is 0 Å². The number of carbonyl (C=O) groups is 1. The van der Waals surface area contributed by atoms with E-state index in [0.717, 1.165) is 77.0 Å². The molecule has 1 saturated heterocycles. The number of carbonyl (C=O) groups excluding carboxylic acids is 1. The highest BCUT2D eigenvalue weighted by atomic mass is 16.7. The number of nitrogens with one attached hydrogen (secondary N) is 1. The summed E-state index contributed by atoms with van der Waals surface area (Å²) < 4.78 is 11.2. The number of unbranched alkanes of at least 4 members (excludes halogenated alkanes) is 19. The summed E-state index contributed by atoms with van der Waals surface area (Å²) in [5, 5.41) is 54.1. The van der Waals surface area contributed by atoms with E-state index in [2.05, 4.69) is 79.9 Å². The van der Waals surface area contributed by atoms with Crippen LogP contribution in [0.4, 0.5) is 0 Å². The fraction of sp³-hybridized carbons (Fsp3) is 0.745. The first kappa shape index (κ1) is 55.6. The van der Waals surface area contributed by atoms with Crippen molar-refractivity contribution in [2.45, 2.75) is 230 Å². The first-order chi connectivity index (χ1) is 29.3. The minimum Gasteiger partial charge on any atom is -0.394 e. The maximum absolute atomic E-state index is 13.0. The standard InChI is InChI=1S/C51H89NO8/c1-3-5-7-9-11-13-15-17-18-19-20-21-22-23-24-25-26-27-28-29-31-33-35-37-39-41-47(55)52-44(43-59-51-50(58)49(57)48(56)46(42-53)60-51)45(54)40-38-36-34-32-30-16-14-12-10-8-6-4-2/h10,12,15,17,19-20,22-23,30,32,38,40,44-46,48-51,53-54,56-58H,3-9,11,13-14,16,18,21,24-29,31,33-37,39,41-43H2,1-2H3,(H,52,55)/b12-10+,17-15-,20-19-,23-22-,32-30+,40-38+. The molecule has 7 atom stereocenters. The topological polar surface area (TPSA) is 149 Å². The molecule has 1 aliphatic heterocycles. The predicted molar refractivity (Wildman–Crippen MR) is 249 cm³/mol. The molecule has 9 heteroatoms. The number of amides is 1. The van der Waals surface area contributed by atoms with Crippen molar-refractivity contribution in [3.8, 4) is 0 Å². The van der Waals surface area contributed by atoms with E-state index in [0.29, 0.717) is 6.42 Å². The normalized spacial score (nSPS) is 21.2. The van der Waals surface area contributed by atoms with Gasteiger partial charge in [-0.1, -0.05) is 177 Å². The van der Waals surface area contributed by atoms with Gasteiger partial charge in [0.2, 0.25) is 5.91 Å². The number of aliphatic hydroxyl groups is 5. The third kappa shape index (κ3) is 30.6.